The Bertz CT molecular complexity index is 361. The number of rotatable bonds is 5. The molecule has 1 aliphatic carbocycles. The molecule has 0 radical (unpaired) electrons. The highest BCUT2D eigenvalue weighted by Gasteiger charge is 2.42. The van der Waals surface area contributed by atoms with Crippen LogP contribution in [-0.4, -0.2) is 20.1 Å². The lowest BCUT2D eigenvalue weighted by Crippen LogP contribution is -2.28. The monoisotopic (exact) mass is 222 g/mol. The molecule has 0 bridgehead atoms. The largest absolute Gasteiger partial charge is 0.374 e. The van der Waals surface area contributed by atoms with Gasteiger partial charge in [-0.25, -0.2) is 4.39 Å². The van der Waals surface area contributed by atoms with Crippen LogP contribution in [0.3, 0.4) is 0 Å². The summed E-state index contributed by atoms with van der Waals surface area (Å²) < 4.78 is 13.1. The predicted molar refractivity (Wildman–Crippen MR) is 65.0 cm³/mol. The van der Waals surface area contributed by atoms with Crippen LogP contribution in [0.5, 0.6) is 0 Å². The van der Waals surface area contributed by atoms with Crippen LogP contribution >= 0.6 is 0 Å². The summed E-state index contributed by atoms with van der Waals surface area (Å²) >= 11 is 0. The standard InChI is InChI=1S/C13H19FN2/c1-16(10-13(5-6-13)7-8-15)12-4-2-3-11(14)9-12/h2-4,9H,5-8,10,15H2,1H3. The van der Waals surface area contributed by atoms with Gasteiger partial charge >= 0.3 is 0 Å². The molecule has 1 aliphatic rings. The van der Waals surface area contributed by atoms with E-state index in [0.717, 1.165) is 25.2 Å². The maximum atomic E-state index is 13.1. The summed E-state index contributed by atoms with van der Waals surface area (Å²) in [5, 5.41) is 0. The summed E-state index contributed by atoms with van der Waals surface area (Å²) in [4.78, 5) is 2.13. The molecule has 0 spiro atoms. The molecule has 1 aromatic carbocycles. The van der Waals surface area contributed by atoms with E-state index in [2.05, 4.69) is 4.90 Å². The van der Waals surface area contributed by atoms with Gasteiger partial charge in [0.15, 0.2) is 0 Å². The van der Waals surface area contributed by atoms with Crippen LogP contribution in [0.15, 0.2) is 24.3 Å². The first kappa shape index (κ1) is 11.4. The Labute approximate surface area is 96.2 Å². The van der Waals surface area contributed by atoms with Gasteiger partial charge in [-0.1, -0.05) is 6.07 Å². The maximum absolute atomic E-state index is 13.1. The fourth-order valence-corrected chi connectivity index (χ4v) is 2.28. The number of hydrogen-bond acceptors (Lipinski definition) is 2. The van der Waals surface area contributed by atoms with Crippen LogP contribution in [0, 0.1) is 11.2 Å². The number of benzene rings is 1. The molecule has 16 heavy (non-hydrogen) atoms. The SMILES string of the molecule is CN(CC1(CCN)CC1)c1cccc(F)c1. The van der Waals surface area contributed by atoms with Crippen LogP contribution in [-0.2, 0) is 0 Å². The Kier molecular flexibility index (Phi) is 3.15. The number of hydrogen-bond donors (Lipinski definition) is 1. The summed E-state index contributed by atoms with van der Waals surface area (Å²) in [6, 6.07) is 6.76. The van der Waals surface area contributed by atoms with Gasteiger partial charge < -0.3 is 10.6 Å². The van der Waals surface area contributed by atoms with Crippen molar-refractivity contribution in [3.05, 3.63) is 30.1 Å². The Morgan fingerprint density at radius 3 is 2.75 bits per heavy atom. The highest BCUT2D eigenvalue weighted by atomic mass is 19.1. The molecular weight excluding hydrogens is 203 g/mol. The molecule has 2 rings (SSSR count). The summed E-state index contributed by atoms with van der Waals surface area (Å²) in [7, 11) is 2.02. The first-order valence-electron chi connectivity index (χ1n) is 5.82. The van der Waals surface area contributed by atoms with Crippen LogP contribution in [0.1, 0.15) is 19.3 Å². The molecule has 0 amide bonds. The molecule has 0 saturated heterocycles. The molecule has 1 saturated carbocycles. The first-order valence-corrected chi connectivity index (χ1v) is 5.82. The van der Waals surface area contributed by atoms with Gasteiger partial charge in [0.2, 0.25) is 0 Å². The fraction of sp³-hybridized carbons (Fsp3) is 0.538. The third-order valence-corrected chi connectivity index (χ3v) is 3.45. The topological polar surface area (TPSA) is 29.3 Å². The van der Waals surface area contributed by atoms with E-state index in [1.807, 2.05) is 13.1 Å². The molecule has 2 nitrogen and oxygen atoms in total. The van der Waals surface area contributed by atoms with Crippen molar-refractivity contribution in [3.8, 4) is 0 Å². The highest BCUT2D eigenvalue weighted by molar-refractivity contribution is 5.46. The van der Waals surface area contributed by atoms with E-state index < -0.39 is 0 Å². The number of anilines is 1. The minimum atomic E-state index is -0.173. The molecule has 0 aromatic heterocycles. The van der Waals surface area contributed by atoms with Crippen molar-refractivity contribution >= 4 is 5.69 Å². The van der Waals surface area contributed by atoms with Crippen molar-refractivity contribution in [2.45, 2.75) is 19.3 Å². The van der Waals surface area contributed by atoms with Gasteiger partial charge in [0, 0.05) is 19.3 Å². The second-order valence-electron chi connectivity index (χ2n) is 4.87. The van der Waals surface area contributed by atoms with Gasteiger partial charge in [0.05, 0.1) is 0 Å². The number of nitrogens with zero attached hydrogens (tertiary/aromatic N) is 1. The van der Waals surface area contributed by atoms with Crippen molar-refractivity contribution in [1.29, 1.82) is 0 Å². The summed E-state index contributed by atoms with van der Waals surface area (Å²) in [6.45, 7) is 1.73. The molecule has 0 aliphatic heterocycles. The van der Waals surface area contributed by atoms with Gasteiger partial charge in [-0.15, -0.1) is 0 Å². The maximum Gasteiger partial charge on any atom is 0.125 e. The van der Waals surface area contributed by atoms with E-state index in [4.69, 9.17) is 5.73 Å². The number of halogens is 1. The van der Waals surface area contributed by atoms with Crippen LogP contribution < -0.4 is 10.6 Å². The molecule has 3 heteroatoms. The minimum Gasteiger partial charge on any atom is -0.374 e. The van der Waals surface area contributed by atoms with Crippen molar-refractivity contribution < 1.29 is 4.39 Å². The van der Waals surface area contributed by atoms with E-state index in [0.29, 0.717) is 5.41 Å². The normalized spacial score (nSPS) is 17.2. The summed E-state index contributed by atoms with van der Waals surface area (Å²) in [6.07, 6.45) is 3.58. The lowest BCUT2D eigenvalue weighted by atomic mass is 10.0. The van der Waals surface area contributed by atoms with Crippen molar-refractivity contribution in [1.82, 2.24) is 0 Å². The first-order chi connectivity index (χ1) is 7.65. The van der Waals surface area contributed by atoms with Crippen LogP contribution in [0.25, 0.3) is 0 Å². The van der Waals surface area contributed by atoms with Gasteiger partial charge in [-0.2, -0.15) is 0 Å². The summed E-state index contributed by atoms with van der Waals surface area (Å²) in [5.41, 5.74) is 6.96. The third kappa shape index (κ3) is 2.53. The fourth-order valence-electron chi connectivity index (χ4n) is 2.28. The predicted octanol–water partition coefficient (Wildman–Crippen LogP) is 2.39. The van der Waals surface area contributed by atoms with Crippen LogP contribution in [0.2, 0.25) is 0 Å². The molecule has 0 atom stereocenters. The molecule has 0 heterocycles. The zero-order valence-electron chi connectivity index (χ0n) is 9.75. The molecule has 0 unspecified atom stereocenters. The van der Waals surface area contributed by atoms with Gasteiger partial charge in [-0.3, -0.25) is 0 Å². The smallest absolute Gasteiger partial charge is 0.125 e. The lowest BCUT2D eigenvalue weighted by molar-refractivity contribution is 0.475. The van der Waals surface area contributed by atoms with Gasteiger partial charge in [0.1, 0.15) is 5.82 Å². The highest BCUT2D eigenvalue weighted by Crippen LogP contribution is 2.49. The van der Waals surface area contributed by atoms with Gasteiger partial charge in [0.25, 0.3) is 0 Å². The Balaban J connectivity index is 2.00. The Morgan fingerprint density at radius 1 is 1.44 bits per heavy atom. The van der Waals surface area contributed by atoms with Crippen molar-refractivity contribution in [2.75, 3.05) is 25.0 Å². The zero-order valence-corrected chi connectivity index (χ0v) is 9.75. The average Bonchev–Trinajstić information content (AvgIpc) is 2.98. The molecule has 1 aromatic rings. The zero-order chi connectivity index (χ0) is 11.6. The van der Waals surface area contributed by atoms with E-state index in [1.54, 1.807) is 12.1 Å². The molecule has 88 valence electrons. The van der Waals surface area contributed by atoms with E-state index in [-0.39, 0.29) is 5.82 Å². The minimum absolute atomic E-state index is 0.173. The quantitative estimate of drug-likeness (QED) is 0.829. The Morgan fingerprint density at radius 2 is 2.19 bits per heavy atom. The molecular formula is C13H19FN2. The van der Waals surface area contributed by atoms with E-state index in [1.165, 1.54) is 18.9 Å². The molecule has 1 fully saturated rings. The van der Waals surface area contributed by atoms with Crippen molar-refractivity contribution in [3.63, 3.8) is 0 Å². The molecule has 2 N–H and O–H groups in total. The third-order valence-electron chi connectivity index (χ3n) is 3.45. The second kappa shape index (κ2) is 4.42. The average molecular weight is 222 g/mol. The lowest BCUT2D eigenvalue weighted by Gasteiger charge is -2.25. The van der Waals surface area contributed by atoms with Gasteiger partial charge in [-0.05, 0) is 49.4 Å². The van der Waals surface area contributed by atoms with E-state index >= 15 is 0 Å². The number of nitrogens with two attached hydrogens (primary N) is 1. The van der Waals surface area contributed by atoms with Crippen molar-refractivity contribution in [2.24, 2.45) is 11.1 Å². The second-order valence-corrected chi connectivity index (χ2v) is 4.87. The van der Waals surface area contributed by atoms with E-state index in [9.17, 15) is 4.39 Å². The Hall–Kier alpha value is -1.09. The summed E-state index contributed by atoms with van der Waals surface area (Å²) in [5.74, 6) is -0.173. The van der Waals surface area contributed by atoms with Crippen LogP contribution in [0.4, 0.5) is 10.1 Å².